The molecule has 5 heteroatoms. The summed E-state index contributed by atoms with van der Waals surface area (Å²) in [6, 6.07) is 20.3. The summed E-state index contributed by atoms with van der Waals surface area (Å²) in [5.41, 5.74) is 2.14. The first-order chi connectivity index (χ1) is 16.1. The number of fused-ring (bicyclic) bond motifs is 3. The summed E-state index contributed by atoms with van der Waals surface area (Å²) >= 11 is 0. The van der Waals surface area contributed by atoms with Gasteiger partial charge >= 0.3 is 0 Å². The van der Waals surface area contributed by atoms with Crippen molar-refractivity contribution in [3.63, 3.8) is 0 Å². The number of benzene rings is 3. The first-order valence-corrected chi connectivity index (χ1v) is 10.4. The third kappa shape index (κ3) is 2.66. The van der Waals surface area contributed by atoms with Crippen LogP contribution in [0.2, 0.25) is 0 Å². The van der Waals surface area contributed by atoms with Crippen molar-refractivity contribution < 1.29 is 18.8 Å². The highest BCUT2D eigenvalue weighted by atomic mass is 16.3. The average Bonchev–Trinajstić information content (AvgIpc) is 3.26. The second kappa shape index (κ2) is 6.93. The second-order valence-electron chi connectivity index (χ2n) is 7.90. The van der Waals surface area contributed by atoms with Crippen LogP contribution in [-0.2, 0) is 0 Å². The number of allylic oxidation sites excluding steroid dienone is 3. The van der Waals surface area contributed by atoms with Gasteiger partial charge in [-0.1, -0.05) is 60.7 Å². The van der Waals surface area contributed by atoms with Crippen LogP contribution in [0.15, 0.2) is 99.4 Å². The van der Waals surface area contributed by atoms with E-state index in [1.54, 1.807) is 72.8 Å². The maximum Gasteiger partial charge on any atom is 0.199 e. The largest absolute Gasteiger partial charge is 0.463 e. The van der Waals surface area contributed by atoms with Crippen LogP contribution in [0, 0.1) is 0 Å². The standard InChI is InChI=1S/C28H14O5/c29-25-15(14-33-22-12-6-5-11-20(22)25)13-21-23(16-7-1-2-8-17(16)26(21)30)24-27(31)18-9-3-4-10-19(18)28(24)32/h1-14H. The lowest BCUT2D eigenvalue weighted by atomic mass is 9.94. The highest BCUT2D eigenvalue weighted by molar-refractivity contribution is 6.46. The minimum atomic E-state index is -0.424. The van der Waals surface area contributed by atoms with Gasteiger partial charge in [0.2, 0.25) is 0 Å². The summed E-state index contributed by atoms with van der Waals surface area (Å²) in [5.74, 6) is -1.20. The summed E-state index contributed by atoms with van der Waals surface area (Å²) < 4.78 is 5.59. The topological polar surface area (TPSA) is 81.4 Å². The zero-order chi connectivity index (χ0) is 22.7. The molecule has 156 valence electrons. The van der Waals surface area contributed by atoms with Crippen molar-refractivity contribution >= 4 is 40.0 Å². The van der Waals surface area contributed by atoms with Crippen molar-refractivity contribution in [1.29, 1.82) is 0 Å². The Hall–Kier alpha value is -4.64. The van der Waals surface area contributed by atoms with Crippen LogP contribution in [0.3, 0.4) is 0 Å². The van der Waals surface area contributed by atoms with E-state index in [0.717, 1.165) is 0 Å². The van der Waals surface area contributed by atoms with Crippen molar-refractivity contribution in [3.8, 4) is 0 Å². The van der Waals surface area contributed by atoms with Gasteiger partial charge in [-0.25, -0.2) is 0 Å². The highest BCUT2D eigenvalue weighted by Gasteiger charge is 2.41. The Kier molecular flexibility index (Phi) is 4.01. The summed E-state index contributed by atoms with van der Waals surface area (Å²) in [6.07, 6.45) is 2.72. The van der Waals surface area contributed by atoms with Gasteiger partial charge in [0, 0.05) is 27.8 Å². The van der Waals surface area contributed by atoms with Gasteiger partial charge in [0.25, 0.3) is 0 Å². The van der Waals surface area contributed by atoms with E-state index >= 15 is 0 Å². The number of para-hydroxylation sites is 1. The van der Waals surface area contributed by atoms with Crippen LogP contribution in [0.1, 0.15) is 42.2 Å². The highest BCUT2D eigenvalue weighted by Crippen LogP contribution is 2.43. The smallest absolute Gasteiger partial charge is 0.199 e. The second-order valence-corrected chi connectivity index (χ2v) is 7.90. The summed E-state index contributed by atoms with van der Waals surface area (Å²) in [5, 5.41) is 0.379. The molecule has 33 heavy (non-hydrogen) atoms. The molecule has 2 aliphatic carbocycles. The van der Waals surface area contributed by atoms with E-state index in [2.05, 4.69) is 0 Å². The van der Waals surface area contributed by atoms with Crippen LogP contribution >= 0.6 is 0 Å². The van der Waals surface area contributed by atoms with Gasteiger partial charge < -0.3 is 4.42 Å². The molecule has 4 aromatic rings. The van der Waals surface area contributed by atoms with Gasteiger partial charge in [0.15, 0.2) is 22.8 Å². The zero-order valence-electron chi connectivity index (χ0n) is 17.1. The number of hydrogen-bond donors (Lipinski definition) is 0. The molecule has 0 N–H and O–H groups in total. The molecule has 0 aliphatic heterocycles. The van der Waals surface area contributed by atoms with Crippen molar-refractivity contribution in [2.45, 2.75) is 0 Å². The van der Waals surface area contributed by atoms with E-state index in [0.29, 0.717) is 33.2 Å². The van der Waals surface area contributed by atoms with Crippen LogP contribution in [0.5, 0.6) is 0 Å². The molecule has 0 unspecified atom stereocenters. The molecule has 0 bridgehead atoms. The molecule has 0 atom stereocenters. The molecule has 1 aromatic heterocycles. The molecule has 1 heterocycles. The number of Topliss-reactive ketones (excluding diaryl/α,β-unsaturated/α-hetero) is 3. The fourth-order valence-electron chi connectivity index (χ4n) is 4.54. The Morgan fingerprint density at radius 3 is 1.79 bits per heavy atom. The zero-order valence-corrected chi connectivity index (χ0v) is 17.1. The maximum absolute atomic E-state index is 13.4. The molecule has 0 saturated carbocycles. The summed E-state index contributed by atoms with van der Waals surface area (Å²) in [7, 11) is 0. The predicted octanol–water partition coefficient (Wildman–Crippen LogP) is 4.91. The summed E-state index contributed by atoms with van der Waals surface area (Å²) in [4.78, 5) is 52.9. The summed E-state index contributed by atoms with van der Waals surface area (Å²) in [6.45, 7) is 0. The molecule has 0 amide bonds. The lowest BCUT2D eigenvalue weighted by Crippen LogP contribution is -2.08. The van der Waals surface area contributed by atoms with Gasteiger partial charge in [-0.15, -0.1) is 0 Å². The van der Waals surface area contributed by atoms with Gasteiger partial charge in [0.1, 0.15) is 11.8 Å². The molecule has 2 aliphatic rings. The van der Waals surface area contributed by atoms with Crippen LogP contribution < -0.4 is 5.43 Å². The minimum Gasteiger partial charge on any atom is -0.463 e. The van der Waals surface area contributed by atoms with Crippen LogP contribution in [0.4, 0.5) is 0 Å². The molecule has 0 spiro atoms. The first kappa shape index (κ1) is 19.1. The van der Waals surface area contributed by atoms with E-state index in [9.17, 15) is 19.2 Å². The van der Waals surface area contributed by atoms with Crippen molar-refractivity contribution in [3.05, 3.63) is 128 Å². The van der Waals surface area contributed by atoms with Gasteiger partial charge in [0.05, 0.1) is 16.5 Å². The van der Waals surface area contributed by atoms with E-state index in [4.69, 9.17) is 4.42 Å². The molecule has 0 radical (unpaired) electrons. The Labute approximate surface area is 187 Å². The van der Waals surface area contributed by atoms with E-state index in [1.165, 1.54) is 12.3 Å². The fourth-order valence-corrected chi connectivity index (χ4v) is 4.54. The van der Waals surface area contributed by atoms with Crippen molar-refractivity contribution in [2.24, 2.45) is 0 Å². The monoisotopic (exact) mass is 430 g/mol. The number of carbonyl (C=O) groups is 3. The number of ketones is 3. The van der Waals surface area contributed by atoms with E-state index in [1.807, 2.05) is 0 Å². The molecular formula is C28H14O5. The Morgan fingerprint density at radius 2 is 1.12 bits per heavy atom. The molecular weight excluding hydrogens is 416 g/mol. The third-order valence-electron chi connectivity index (χ3n) is 6.08. The fraction of sp³-hybridized carbons (Fsp3) is 0. The lowest BCUT2D eigenvalue weighted by molar-refractivity contribution is 0.0989. The Bertz CT molecular complexity index is 1640. The first-order valence-electron chi connectivity index (χ1n) is 10.4. The maximum atomic E-state index is 13.4. The quantitative estimate of drug-likeness (QED) is 0.317. The van der Waals surface area contributed by atoms with Crippen molar-refractivity contribution in [2.75, 3.05) is 0 Å². The van der Waals surface area contributed by atoms with Gasteiger partial charge in [-0.2, -0.15) is 0 Å². The molecule has 3 aromatic carbocycles. The lowest BCUT2D eigenvalue weighted by Gasteiger charge is -2.06. The van der Waals surface area contributed by atoms with Gasteiger partial charge in [-0.05, 0) is 23.8 Å². The van der Waals surface area contributed by atoms with Gasteiger partial charge in [-0.3, -0.25) is 19.2 Å². The molecule has 0 saturated heterocycles. The molecule has 6 rings (SSSR count). The van der Waals surface area contributed by atoms with E-state index < -0.39 is 11.6 Å². The molecule has 5 nitrogen and oxygen atoms in total. The minimum absolute atomic E-state index is 0.0501. The van der Waals surface area contributed by atoms with Crippen LogP contribution in [0.25, 0.3) is 22.6 Å². The SMILES string of the molecule is O=C1C(=C2C(=Cc3coc4ccccc4c3=O)C(=O)c3ccccc32)C(=O)c2ccccc21. The number of hydrogen-bond acceptors (Lipinski definition) is 5. The Morgan fingerprint density at radius 1 is 0.576 bits per heavy atom. The predicted molar refractivity (Wildman–Crippen MR) is 123 cm³/mol. The third-order valence-corrected chi connectivity index (χ3v) is 6.08. The number of rotatable bonds is 1. The van der Waals surface area contributed by atoms with E-state index in [-0.39, 0.29) is 33.5 Å². The number of carbonyl (C=O) groups excluding carboxylic acids is 3. The normalized spacial score (nSPS) is 16.1. The van der Waals surface area contributed by atoms with Crippen LogP contribution in [-0.4, -0.2) is 17.3 Å². The van der Waals surface area contributed by atoms with Crippen molar-refractivity contribution in [1.82, 2.24) is 0 Å². The Balaban J connectivity index is 1.65. The average molecular weight is 430 g/mol. The molecule has 0 fully saturated rings.